The third-order valence-electron chi connectivity index (χ3n) is 6.04. The normalized spacial score (nSPS) is 18.4. The van der Waals surface area contributed by atoms with E-state index in [0.717, 1.165) is 24.9 Å². The Kier molecular flexibility index (Phi) is 7.75. The highest BCUT2D eigenvalue weighted by Crippen LogP contribution is 2.43. The summed E-state index contributed by atoms with van der Waals surface area (Å²) in [4.78, 5) is 11.3. The molecule has 0 spiro atoms. The Labute approximate surface area is 181 Å². The van der Waals surface area contributed by atoms with Crippen LogP contribution in [0.3, 0.4) is 0 Å². The van der Waals surface area contributed by atoms with Crippen LogP contribution in [0.1, 0.15) is 36.8 Å². The van der Waals surface area contributed by atoms with Crippen LogP contribution in [0.5, 0.6) is 0 Å². The molecule has 5 nitrogen and oxygen atoms in total. The molecule has 31 heavy (non-hydrogen) atoms. The zero-order chi connectivity index (χ0) is 22.4. The van der Waals surface area contributed by atoms with Crippen molar-refractivity contribution in [2.45, 2.75) is 38.2 Å². The Bertz CT molecular complexity index is 916. The second kappa shape index (κ2) is 10.3. The summed E-state index contributed by atoms with van der Waals surface area (Å²) in [6, 6.07) is 9.02. The average Bonchev–Trinajstić information content (AvgIpc) is 2.78. The van der Waals surface area contributed by atoms with E-state index in [0.29, 0.717) is 18.5 Å². The average molecular weight is 433 g/mol. The number of hydrogen-bond acceptors (Lipinski definition) is 4. The first-order chi connectivity index (χ1) is 14.9. The summed E-state index contributed by atoms with van der Waals surface area (Å²) in [5.41, 5.74) is -0.0511. The van der Waals surface area contributed by atoms with Crippen molar-refractivity contribution in [2.75, 3.05) is 26.2 Å². The second-order valence-corrected chi connectivity index (χ2v) is 8.22. The molecule has 1 aliphatic rings. The van der Waals surface area contributed by atoms with E-state index in [1.54, 1.807) is 18.2 Å². The van der Waals surface area contributed by atoms with Crippen LogP contribution in [0.4, 0.5) is 8.78 Å². The Morgan fingerprint density at radius 1 is 1.26 bits per heavy atom. The minimum atomic E-state index is -1.41. The first-order valence-electron chi connectivity index (χ1n) is 10.7. The van der Waals surface area contributed by atoms with Gasteiger partial charge in [-0.05, 0) is 62.9 Å². The Morgan fingerprint density at radius 3 is 2.77 bits per heavy atom. The predicted molar refractivity (Wildman–Crippen MR) is 115 cm³/mol. The van der Waals surface area contributed by atoms with E-state index < -0.39 is 29.7 Å². The zero-order valence-corrected chi connectivity index (χ0v) is 17.8. The van der Waals surface area contributed by atoms with E-state index in [1.807, 2.05) is 6.92 Å². The van der Waals surface area contributed by atoms with Crippen molar-refractivity contribution >= 4 is 5.91 Å². The number of nitrogens with one attached hydrogen (secondary N) is 2. The van der Waals surface area contributed by atoms with Crippen molar-refractivity contribution in [1.29, 1.82) is 0 Å². The van der Waals surface area contributed by atoms with Gasteiger partial charge in [0.05, 0.1) is 5.60 Å². The van der Waals surface area contributed by atoms with Gasteiger partial charge in [-0.15, -0.1) is 0 Å². The van der Waals surface area contributed by atoms with Crippen LogP contribution in [0.2, 0.25) is 0 Å². The molecule has 2 aromatic carbocycles. The van der Waals surface area contributed by atoms with E-state index in [-0.39, 0.29) is 30.0 Å². The number of benzene rings is 2. The van der Waals surface area contributed by atoms with Gasteiger partial charge in [-0.25, -0.2) is 8.78 Å². The van der Waals surface area contributed by atoms with Crippen LogP contribution in [-0.4, -0.2) is 42.4 Å². The summed E-state index contributed by atoms with van der Waals surface area (Å²) in [5.74, 6) is -1.81. The highest BCUT2D eigenvalue weighted by molar-refractivity contribution is 5.76. The summed E-state index contributed by atoms with van der Waals surface area (Å²) in [6.45, 7) is 2.89. The van der Waals surface area contributed by atoms with E-state index in [4.69, 9.17) is 5.11 Å². The molecule has 2 aromatic rings. The third kappa shape index (κ3) is 5.29. The molecular weight excluding hydrogens is 402 g/mol. The lowest BCUT2D eigenvalue weighted by Crippen LogP contribution is -2.45. The van der Waals surface area contributed by atoms with E-state index >= 15 is 4.39 Å². The fourth-order valence-electron chi connectivity index (χ4n) is 4.45. The molecule has 0 aromatic heterocycles. The minimum Gasteiger partial charge on any atom is -0.387 e. The maximum Gasteiger partial charge on any atom is 0.245 e. The van der Waals surface area contributed by atoms with Crippen LogP contribution in [0.15, 0.2) is 36.4 Å². The molecule has 2 unspecified atom stereocenters. The van der Waals surface area contributed by atoms with Gasteiger partial charge in [0, 0.05) is 30.1 Å². The molecule has 1 saturated heterocycles. The standard InChI is InChI=1S/C24H30F2N2O3/c1-16-8-9-20(25)18(13-16)23-19(6-2-7-21(23)26)24(31,17-5-3-11-27-14-17)10-4-12-28-22(30)15-29/h2,6-9,13,17,27,29,31H,3-5,10-12,14-15H2,1H3,(H,28,30). The molecule has 0 aliphatic carbocycles. The quantitative estimate of drug-likeness (QED) is 0.484. The van der Waals surface area contributed by atoms with Crippen molar-refractivity contribution in [2.24, 2.45) is 5.92 Å². The van der Waals surface area contributed by atoms with Crippen molar-refractivity contribution in [1.82, 2.24) is 10.6 Å². The highest BCUT2D eigenvalue weighted by atomic mass is 19.1. The molecule has 4 N–H and O–H groups in total. The van der Waals surface area contributed by atoms with E-state index in [9.17, 15) is 14.3 Å². The number of piperidine rings is 1. The molecule has 2 atom stereocenters. The number of amides is 1. The number of carbonyl (C=O) groups is 1. The molecule has 1 heterocycles. The predicted octanol–water partition coefficient (Wildman–Crippen LogP) is 3.02. The number of hydrogen-bond donors (Lipinski definition) is 4. The molecule has 7 heteroatoms. The van der Waals surface area contributed by atoms with Gasteiger partial charge in [-0.1, -0.05) is 23.8 Å². The number of aliphatic hydroxyl groups excluding tert-OH is 1. The monoisotopic (exact) mass is 432 g/mol. The number of aryl methyl sites for hydroxylation is 1. The van der Waals surface area contributed by atoms with Crippen molar-refractivity contribution in [3.8, 4) is 11.1 Å². The lowest BCUT2D eigenvalue weighted by molar-refractivity contribution is -0.123. The lowest BCUT2D eigenvalue weighted by Gasteiger charge is -2.40. The first-order valence-corrected chi connectivity index (χ1v) is 10.7. The summed E-state index contributed by atoms with van der Waals surface area (Å²) < 4.78 is 29.9. The van der Waals surface area contributed by atoms with Crippen molar-refractivity contribution < 1.29 is 23.8 Å². The van der Waals surface area contributed by atoms with Crippen LogP contribution < -0.4 is 10.6 Å². The Hall–Kier alpha value is -2.35. The zero-order valence-electron chi connectivity index (χ0n) is 17.8. The smallest absolute Gasteiger partial charge is 0.245 e. The van der Waals surface area contributed by atoms with Crippen LogP contribution in [0.25, 0.3) is 11.1 Å². The van der Waals surface area contributed by atoms with Gasteiger partial charge in [0.15, 0.2) is 0 Å². The number of halogens is 2. The van der Waals surface area contributed by atoms with Gasteiger partial charge in [0.25, 0.3) is 0 Å². The second-order valence-electron chi connectivity index (χ2n) is 8.22. The summed E-state index contributed by atoms with van der Waals surface area (Å²) in [5, 5.41) is 26.7. The molecular formula is C24H30F2N2O3. The minimum absolute atomic E-state index is 0.0798. The van der Waals surface area contributed by atoms with Gasteiger partial charge >= 0.3 is 0 Å². The summed E-state index contributed by atoms with van der Waals surface area (Å²) in [7, 11) is 0. The molecule has 1 amide bonds. The van der Waals surface area contributed by atoms with Gasteiger partial charge in [0.2, 0.25) is 5.91 Å². The number of aliphatic hydroxyl groups is 2. The van der Waals surface area contributed by atoms with Crippen molar-refractivity contribution in [3.63, 3.8) is 0 Å². The molecule has 168 valence electrons. The molecule has 0 bridgehead atoms. The molecule has 1 aliphatic heterocycles. The molecule has 3 rings (SSSR count). The number of carbonyl (C=O) groups excluding carboxylic acids is 1. The maximum absolute atomic E-state index is 15.1. The topological polar surface area (TPSA) is 81.6 Å². The Balaban J connectivity index is 2.03. The van der Waals surface area contributed by atoms with Gasteiger partial charge in [-0.3, -0.25) is 4.79 Å². The highest BCUT2D eigenvalue weighted by Gasteiger charge is 2.41. The van der Waals surface area contributed by atoms with Gasteiger partial charge < -0.3 is 20.8 Å². The molecule has 0 saturated carbocycles. The number of rotatable bonds is 8. The van der Waals surface area contributed by atoms with Crippen LogP contribution in [-0.2, 0) is 10.4 Å². The van der Waals surface area contributed by atoms with Crippen LogP contribution >= 0.6 is 0 Å². The largest absolute Gasteiger partial charge is 0.387 e. The molecule has 1 fully saturated rings. The fraction of sp³-hybridized carbons (Fsp3) is 0.458. The fourth-order valence-corrected chi connectivity index (χ4v) is 4.45. The SMILES string of the molecule is Cc1ccc(F)c(-c2c(F)cccc2C(O)(CCCNC(=O)CO)C2CCCNC2)c1. The Morgan fingerprint density at radius 2 is 2.06 bits per heavy atom. The lowest BCUT2D eigenvalue weighted by atomic mass is 9.72. The van der Waals surface area contributed by atoms with Gasteiger partial charge in [0.1, 0.15) is 18.2 Å². The van der Waals surface area contributed by atoms with Crippen molar-refractivity contribution in [3.05, 3.63) is 59.2 Å². The van der Waals surface area contributed by atoms with E-state index in [2.05, 4.69) is 10.6 Å². The van der Waals surface area contributed by atoms with E-state index in [1.165, 1.54) is 18.2 Å². The first kappa shape index (κ1) is 23.3. The maximum atomic E-state index is 15.1. The summed E-state index contributed by atoms with van der Waals surface area (Å²) in [6.07, 6.45) is 2.30. The third-order valence-corrected chi connectivity index (χ3v) is 6.04. The summed E-state index contributed by atoms with van der Waals surface area (Å²) >= 11 is 0. The van der Waals surface area contributed by atoms with Crippen LogP contribution in [0, 0.1) is 24.5 Å². The van der Waals surface area contributed by atoms with Gasteiger partial charge in [-0.2, -0.15) is 0 Å². The molecule has 0 radical (unpaired) electrons.